The van der Waals surface area contributed by atoms with Crippen LogP contribution in [0, 0.1) is 11.7 Å². The Bertz CT molecular complexity index is 813. The first-order valence-corrected chi connectivity index (χ1v) is 12.0. The van der Waals surface area contributed by atoms with Crippen LogP contribution in [0.4, 0.5) is 9.18 Å². The van der Waals surface area contributed by atoms with Gasteiger partial charge in [0.25, 0.3) is 0 Å². The summed E-state index contributed by atoms with van der Waals surface area (Å²) in [4.78, 5) is 16.5. The zero-order valence-corrected chi connectivity index (χ0v) is 19.6. The second-order valence-corrected chi connectivity index (χ2v) is 9.29. The molecule has 0 radical (unpaired) electrons. The molecule has 5 rings (SSSR count). The monoisotopic (exact) mass is 439 g/mol. The zero-order valence-electron chi connectivity index (χ0n) is 19.6. The highest BCUT2D eigenvalue weighted by Crippen LogP contribution is 2.29. The Morgan fingerprint density at radius 2 is 1.56 bits per heavy atom. The number of fused-ring (bicyclic) bond motifs is 1. The third-order valence-corrected chi connectivity index (χ3v) is 6.63. The van der Waals surface area contributed by atoms with Gasteiger partial charge >= 0.3 is 6.03 Å². The minimum absolute atomic E-state index is 0.0952. The predicted octanol–water partition coefficient (Wildman–Crippen LogP) is 5.48. The number of rotatable bonds is 3. The lowest BCUT2D eigenvalue weighted by Crippen LogP contribution is -2.48. The van der Waals surface area contributed by atoms with E-state index in [2.05, 4.69) is 48.6 Å². The van der Waals surface area contributed by atoms with Crippen molar-refractivity contribution in [1.82, 2.24) is 15.1 Å². The molecule has 32 heavy (non-hydrogen) atoms. The van der Waals surface area contributed by atoms with Crippen LogP contribution in [-0.2, 0) is 13.0 Å². The van der Waals surface area contributed by atoms with Gasteiger partial charge in [0, 0.05) is 25.7 Å². The second-order valence-electron chi connectivity index (χ2n) is 9.29. The highest BCUT2D eigenvalue weighted by Gasteiger charge is 2.31. The van der Waals surface area contributed by atoms with Crippen LogP contribution in [0.5, 0.6) is 0 Å². The largest absolute Gasteiger partial charge is 0.338 e. The van der Waals surface area contributed by atoms with Gasteiger partial charge in [0.2, 0.25) is 0 Å². The van der Waals surface area contributed by atoms with Crippen LogP contribution >= 0.6 is 0 Å². The van der Waals surface area contributed by atoms with Crippen molar-refractivity contribution in [3.63, 3.8) is 0 Å². The van der Waals surface area contributed by atoms with E-state index in [4.69, 9.17) is 0 Å². The molecule has 4 nitrogen and oxygen atoms in total. The van der Waals surface area contributed by atoms with Crippen molar-refractivity contribution < 1.29 is 9.18 Å². The van der Waals surface area contributed by atoms with Gasteiger partial charge < -0.3 is 15.1 Å². The summed E-state index contributed by atoms with van der Waals surface area (Å²) >= 11 is 0. The summed E-state index contributed by atoms with van der Waals surface area (Å²) in [5.74, 6) is 0.473. The first-order chi connectivity index (χ1) is 15.5. The molecular weight excluding hydrogens is 401 g/mol. The second kappa shape index (κ2) is 12.6. The number of hydrogen-bond acceptors (Lipinski definition) is 2. The Balaban J connectivity index is 0.000000214. The molecular formula is C27H38FN3O. The number of carbonyl (C=O) groups is 1. The van der Waals surface area contributed by atoms with E-state index in [1.54, 1.807) is 18.2 Å². The fraction of sp³-hybridized carbons (Fsp3) is 0.519. The molecule has 3 aliphatic rings. The van der Waals surface area contributed by atoms with E-state index in [1.165, 1.54) is 61.8 Å². The number of carbonyl (C=O) groups excluding carboxylic acids is 1. The SMILES string of the molecule is C1CCC1.CN(C)C1CC(CNC(=O)N2CCc3ccccc3C2)C1.Fc1ccccc1. The van der Waals surface area contributed by atoms with Crippen molar-refractivity contribution >= 4 is 6.03 Å². The lowest BCUT2D eigenvalue weighted by atomic mass is 9.79. The first-order valence-electron chi connectivity index (χ1n) is 12.0. The molecule has 0 bridgehead atoms. The number of urea groups is 1. The van der Waals surface area contributed by atoms with Gasteiger partial charge in [0.15, 0.2) is 0 Å². The van der Waals surface area contributed by atoms with Crippen molar-refractivity contribution in [3.8, 4) is 0 Å². The zero-order chi connectivity index (χ0) is 22.8. The Kier molecular flexibility index (Phi) is 9.54. The Hall–Kier alpha value is -2.40. The highest BCUT2D eigenvalue weighted by atomic mass is 19.1. The van der Waals surface area contributed by atoms with Crippen molar-refractivity contribution in [2.45, 2.75) is 57.5 Å². The quantitative estimate of drug-likeness (QED) is 0.687. The summed E-state index contributed by atoms with van der Waals surface area (Å²) in [5, 5.41) is 3.11. The van der Waals surface area contributed by atoms with Crippen LogP contribution in [0.25, 0.3) is 0 Å². The molecule has 2 saturated carbocycles. The Labute approximate surface area is 192 Å². The van der Waals surface area contributed by atoms with Crippen LogP contribution in [0.3, 0.4) is 0 Å². The fourth-order valence-electron chi connectivity index (χ4n) is 3.97. The fourth-order valence-corrected chi connectivity index (χ4v) is 3.97. The number of benzene rings is 2. The molecule has 2 amide bonds. The standard InChI is InChI=1S/C17H25N3O.C6H5F.C4H8/c1-19(2)16-9-13(10-16)11-18-17(21)20-8-7-14-5-3-4-6-15(14)12-20;7-6-4-2-1-3-5-6;1-2-4-3-1/h3-6,13,16H,7-12H2,1-2H3,(H,18,21);1-5H;1-4H2. The average molecular weight is 440 g/mol. The molecule has 0 aromatic heterocycles. The number of amides is 2. The van der Waals surface area contributed by atoms with Crippen LogP contribution in [-0.4, -0.2) is 49.1 Å². The van der Waals surface area contributed by atoms with Gasteiger partial charge in [0.05, 0.1) is 0 Å². The molecule has 0 atom stereocenters. The summed E-state index contributed by atoms with van der Waals surface area (Å²) < 4.78 is 11.9. The summed E-state index contributed by atoms with van der Waals surface area (Å²) in [7, 11) is 4.26. The lowest BCUT2D eigenvalue weighted by Gasteiger charge is -2.40. The van der Waals surface area contributed by atoms with Crippen molar-refractivity contribution in [2.24, 2.45) is 5.92 Å². The molecule has 0 saturated heterocycles. The molecule has 2 aromatic carbocycles. The van der Waals surface area contributed by atoms with E-state index in [-0.39, 0.29) is 11.8 Å². The molecule has 2 aliphatic carbocycles. The van der Waals surface area contributed by atoms with Gasteiger partial charge in [-0.25, -0.2) is 9.18 Å². The Morgan fingerprint density at radius 1 is 0.969 bits per heavy atom. The van der Waals surface area contributed by atoms with E-state index in [1.807, 2.05) is 4.90 Å². The number of halogens is 1. The lowest BCUT2D eigenvalue weighted by molar-refractivity contribution is 0.120. The highest BCUT2D eigenvalue weighted by molar-refractivity contribution is 5.74. The van der Waals surface area contributed by atoms with Crippen LogP contribution < -0.4 is 5.32 Å². The molecule has 2 fully saturated rings. The number of nitrogens with zero attached hydrogens (tertiary/aromatic N) is 2. The summed E-state index contributed by atoms with van der Waals surface area (Å²) in [6, 6.07) is 17.2. The van der Waals surface area contributed by atoms with Crippen LogP contribution in [0.15, 0.2) is 54.6 Å². The smallest absolute Gasteiger partial charge is 0.317 e. The molecule has 0 unspecified atom stereocenters. The minimum Gasteiger partial charge on any atom is -0.338 e. The molecule has 2 aromatic rings. The third kappa shape index (κ3) is 7.63. The molecule has 1 aliphatic heterocycles. The number of hydrogen-bond donors (Lipinski definition) is 1. The maximum Gasteiger partial charge on any atom is 0.317 e. The van der Waals surface area contributed by atoms with E-state index in [0.717, 1.165) is 26.1 Å². The van der Waals surface area contributed by atoms with Gasteiger partial charge in [-0.15, -0.1) is 0 Å². The van der Waals surface area contributed by atoms with Gasteiger partial charge in [0.1, 0.15) is 5.82 Å². The van der Waals surface area contributed by atoms with E-state index >= 15 is 0 Å². The maximum atomic E-state index is 12.3. The van der Waals surface area contributed by atoms with Crippen LogP contribution in [0.2, 0.25) is 0 Å². The average Bonchev–Trinajstić information content (AvgIpc) is 2.71. The van der Waals surface area contributed by atoms with Crippen molar-refractivity contribution in [1.29, 1.82) is 0 Å². The third-order valence-electron chi connectivity index (χ3n) is 6.63. The molecule has 1 N–H and O–H groups in total. The summed E-state index contributed by atoms with van der Waals surface area (Å²) in [5.41, 5.74) is 2.67. The molecule has 0 spiro atoms. The van der Waals surface area contributed by atoms with Gasteiger partial charge in [-0.2, -0.15) is 0 Å². The Morgan fingerprint density at radius 3 is 2.09 bits per heavy atom. The summed E-state index contributed by atoms with van der Waals surface area (Å²) in [6.07, 6.45) is 9.38. The topological polar surface area (TPSA) is 35.6 Å². The van der Waals surface area contributed by atoms with E-state index in [0.29, 0.717) is 12.0 Å². The molecule has 5 heteroatoms. The molecule has 174 valence electrons. The van der Waals surface area contributed by atoms with Crippen molar-refractivity contribution in [3.05, 3.63) is 71.5 Å². The molecule has 1 heterocycles. The maximum absolute atomic E-state index is 12.3. The first kappa shape index (κ1) is 24.2. The van der Waals surface area contributed by atoms with E-state index < -0.39 is 0 Å². The number of nitrogens with one attached hydrogen (secondary N) is 1. The van der Waals surface area contributed by atoms with Gasteiger partial charge in [-0.1, -0.05) is 68.1 Å². The summed E-state index contributed by atoms with van der Waals surface area (Å²) in [6.45, 7) is 2.39. The van der Waals surface area contributed by atoms with Gasteiger partial charge in [-0.3, -0.25) is 0 Å². The van der Waals surface area contributed by atoms with Crippen molar-refractivity contribution in [2.75, 3.05) is 27.2 Å². The normalized spacial score (nSPS) is 20.9. The minimum atomic E-state index is -0.178. The van der Waals surface area contributed by atoms with E-state index in [9.17, 15) is 9.18 Å². The van der Waals surface area contributed by atoms with Gasteiger partial charge in [-0.05, 0) is 62.5 Å². The predicted molar refractivity (Wildman–Crippen MR) is 129 cm³/mol. The van der Waals surface area contributed by atoms with Crippen LogP contribution in [0.1, 0.15) is 49.7 Å².